The predicted octanol–water partition coefficient (Wildman–Crippen LogP) is 2.36. The number of nitrogens with one attached hydrogen (secondary N) is 1. The predicted molar refractivity (Wildman–Crippen MR) is 76.7 cm³/mol. The van der Waals surface area contributed by atoms with E-state index in [1.165, 1.54) is 0 Å². The van der Waals surface area contributed by atoms with Gasteiger partial charge in [-0.2, -0.15) is 5.10 Å². The molecular formula is C13H15N3O3S. The summed E-state index contributed by atoms with van der Waals surface area (Å²) in [4.78, 5) is 23.5. The molecule has 0 bridgehead atoms. The van der Waals surface area contributed by atoms with E-state index >= 15 is 0 Å². The van der Waals surface area contributed by atoms with Crippen LogP contribution in [0.5, 0.6) is 0 Å². The number of aromatic nitrogens is 2. The molecule has 0 fully saturated rings. The molecule has 0 aliphatic heterocycles. The van der Waals surface area contributed by atoms with Crippen molar-refractivity contribution in [3.05, 3.63) is 33.5 Å². The maximum Gasteiger partial charge on any atom is 0.346 e. The summed E-state index contributed by atoms with van der Waals surface area (Å²) in [7, 11) is 1.77. The largest absolute Gasteiger partial charge is 0.477 e. The van der Waals surface area contributed by atoms with Gasteiger partial charge in [-0.05, 0) is 32.4 Å². The van der Waals surface area contributed by atoms with E-state index in [2.05, 4.69) is 10.4 Å². The molecule has 2 rings (SSSR count). The van der Waals surface area contributed by atoms with Gasteiger partial charge in [-0.15, -0.1) is 11.3 Å². The van der Waals surface area contributed by atoms with Crippen LogP contribution < -0.4 is 5.32 Å². The fraction of sp³-hybridized carbons (Fsp3) is 0.308. The number of anilines is 1. The van der Waals surface area contributed by atoms with E-state index in [4.69, 9.17) is 5.11 Å². The summed E-state index contributed by atoms with van der Waals surface area (Å²) >= 11 is 1.05. The van der Waals surface area contributed by atoms with E-state index in [0.29, 0.717) is 21.8 Å². The van der Waals surface area contributed by atoms with Gasteiger partial charge in [-0.3, -0.25) is 9.48 Å². The summed E-state index contributed by atoms with van der Waals surface area (Å²) in [5.41, 5.74) is 2.58. The lowest BCUT2D eigenvalue weighted by molar-refractivity contribution is 0.0701. The van der Waals surface area contributed by atoms with Gasteiger partial charge in [0, 0.05) is 12.7 Å². The minimum Gasteiger partial charge on any atom is -0.477 e. The van der Waals surface area contributed by atoms with Crippen molar-refractivity contribution in [1.82, 2.24) is 9.78 Å². The Morgan fingerprint density at radius 1 is 1.35 bits per heavy atom. The molecule has 0 spiro atoms. The molecule has 106 valence electrons. The maximum absolute atomic E-state index is 12.3. The number of amides is 1. The van der Waals surface area contributed by atoms with E-state index in [1.54, 1.807) is 31.6 Å². The van der Waals surface area contributed by atoms with Gasteiger partial charge < -0.3 is 10.4 Å². The van der Waals surface area contributed by atoms with E-state index in [-0.39, 0.29) is 10.8 Å². The highest BCUT2D eigenvalue weighted by molar-refractivity contribution is 7.18. The molecule has 7 heteroatoms. The molecule has 1 amide bonds. The molecule has 0 aliphatic carbocycles. The Kier molecular flexibility index (Phi) is 3.63. The zero-order valence-corrected chi connectivity index (χ0v) is 12.5. The summed E-state index contributed by atoms with van der Waals surface area (Å²) < 4.78 is 1.65. The monoisotopic (exact) mass is 293 g/mol. The van der Waals surface area contributed by atoms with Crippen molar-refractivity contribution in [1.29, 1.82) is 0 Å². The molecular weight excluding hydrogens is 278 g/mol. The first-order valence-corrected chi connectivity index (χ1v) is 6.78. The molecule has 0 atom stereocenters. The summed E-state index contributed by atoms with van der Waals surface area (Å²) in [5.74, 6) is -1.26. The normalized spacial score (nSPS) is 10.6. The molecule has 0 saturated heterocycles. The highest BCUT2D eigenvalue weighted by Crippen LogP contribution is 2.27. The van der Waals surface area contributed by atoms with E-state index in [1.807, 2.05) is 6.92 Å². The Hall–Kier alpha value is -2.15. The fourth-order valence-corrected chi connectivity index (χ4v) is 2.94. The zero-order valence-electron chi connectivity index (χ0n) is 11.6. The van der Waals surface area contributed by atoms with Crippen LogP contribution in [0, 0.1) is 20.8 Å². The van der Waals surface area contributed by atoms with Gasteiger partial charge in [0.2, 0.25) is 0 Å². The molecule has 0 radical (unpaired) electrons. The second-order valence-electron chi connectivity index (χ2n) is 4.55. The summed E-state index contributed by atoms with van der Waals surface area (Å²) in [6.45, 7) is 5.29. The number of thiophene rings is 1. The second kappa shape index (κ2) is 5.09. The molecule has 2 aromatic rings. The number of carboxylic acids is 1. The molecule has 2 N–H and O–H groups in total. The van der Waals surface area contributed by atoms with E-state index in [0.717, 1.165) is 17.0 Å². The Bertz CT molecular complexity index is 700. The van der Waals surface area contributed by atoms with Crippen molar-refractivity contribution in [3.63, 3.8) is 0 Å². The molecule has 2 aromatic heterocycles. The lowest BCUT2D eigenvalue weighted by Gasteiger charge is -2.02. The molecule has 0 saturated carbocycles. The van der Waals surface area contributed by atoms with Gasteiger partial charge in [0.15, 0.2) is 0 Å². The third kappa shape index (κ3) is 2.44. The lowest BCUT2D eigenvalue weighted by Crippen LogP contribution is -2.13. The summed E-state index contributed by atoms with van der Waals surface area (Å²) in [6.07, 6.45) is 0. The van der Waals surface area contributed by atoms with Crippen molar-refractivity contribution in [2.75, 3.05) is 5.32 Å². The van der Waals surface area contributed by atoms with Crippen molar-refractivity contribution in [3.8, 4) is 0 Å². The first-order valence-electron chi connectivity index (χ1n) is 5.96. The molecule has 0 aromatic carbocycles. The lowest BCUT2D eigenvalue weighted by atomic mass is 10.2. The number of hydrogen-bond donors (Lipinski definition) is 2. The van der Waals surface area contributed by atoms with Crippen LogP contribution in [0.1, 0.15) is 37.0 Å². The highest BCUT2D eigenvalue weighted by atomic mass is 32.1. The number of aromatic carboxylic acids is 1. The standard InChI is InChI=1S/C13H15N3O3S/c1-6-5-9(20-11(6)13(18)19)14-12(17)10-7(2)15-16(4)8(10)3/h5H,1-4H3,(H,14,17)(H,18,19). The van der Waals surface area contributed by atoms with E-state index in [9.17, 15) is 9.59 Å². The van der Waals surface area contributed by atoms with Crippen LogP contribution in [0.3, 0.4) is 0 Å². The van der Waals surface area contributed by atoms with Gasteiger partial charge in [0.05, 0.1) is 16.3 Å². The van der Waals surface area contributed by atoms with Crippen LogP contribution in [0.25, 0.3) is 0 Å². The van der Waals surface area contributed by atoms with Crippen LogP contribution in [0.2, 0.25) is 0 Å². The summed E-state index contributed by atoms with van der Waals surface area (Å²) in [5, 5.41) is 16.4. The SMILES string of the molecule is Cc1cc(NC(=O)c2c(C)nn(C)c2C)sc1C(=O)O. The Balaban J connectivity index is 2.28. The molecule has 20 heavy (non-hydrogen) atoms. The number of carbonyl (C=O) groups is 2. The van der Waals surface area contributed by atoms with Gasteiger partial charge in [0.1, 0.15) is 4.88 Å². The second-order valence-corrected chi connectivity index (χ2v) is 5.60. The number of hydrogen-bond acceptors (Lipinski definition) is 4. The molecule has 6 nitrogen and oxygen atoms in total. The van der Waals surface area contributed by atoms with Crippen LogP contribution >= 0.6 is 11.3 Å². The van der Waals surface area contributed by atoms with Gasteiger partial charge in [-0.1, -0.05) is 0 Å². The van der Waals surface area contributed by atoms with Crippen LogP contribution in [0.15, 0.2) is 6.07 Å². The van der Waals surface area contributed by atoms with Crippen molar-refractivity contribution >= 4 is 28.2 Å². The maximum atomic E-state index is 12.3. The quantitative estimate of drug-likeness (QED) is 0.909. The number of carbonyl (C=O) groups excluding carboxylic acids is 1. The highest BCUT2D eigenvalue weighted by Gasteiger charge is 2.19. The Labute approximate surface area is 120 Å². The van der Waals surface area contributed by atoms with E-state index < -0.39 is 5.97 Å². The van der Waals surface area contributed by atoms with Crippen LogP contribution in [0.4, 0.5) is 5.00 Å². The fourth-order valence-electron chi connectivity index (χ4n) is 2.03. The van der Waals surface area contributed by atoms with Crippen LogP contribution in [-0.2, 0) is 7.05 Å². The number of rotatable bonds is 3. The van der Waals surface area contributed by atoms with Crippen molar-refractivity contribution in [2.24, 2.45) is 7.05 Å². The van der Waals surface area contributed by atoms with Crippen LogP contribution in [-0.4, -0.2) is 26.8 Å². The summed E-state index contributed by atoms with van der Waals surface area (Å²) in [6, 6.07) is 1.66. The molecule has 0 unspecified atom stereocenters. The molecule has 0 aliphatic rings. The molecule has 2 heterocycles. The van der Waals surface area contributed by atoms with Gasteiger partial charge >= 0.3 is 5.97 Å². The van der Waals surface area contributed by atoms with Crippen molar-refractivity contribution < 1.29 is 14.7 Å². The van der Waals surface area contributed by atoms with Crippen molar-refractivity contribution in [2.45, 2.75) is 20.8 Å². The number of aryl methyl sites for hydroxylation is 3. The zero-order chi connectivity index (χ0) is 15.0. The smallest absolute Gasteiger partial charge is 0.346 e. The Morgan fingerprint density at radius 3 is 2.45 bits per heavy atom. The average Bonchev–Trinajstić information content (AvgIpc) is 2.80. The number of carboxylic acid groups (broad SMARTS) is 1. The average molecular weight is 293 g/mol. The minimum absolute atomic E-state index is 0.236. The Morgan fingerprint density at radius 2 is 2.00 bits per heavy atom. The third-order valence-electron chi connectivity index (χ3n) is 3.08. The topological polar surface area (TPSA) is 84.2 Å². The first kappa shape index (κ1) is 14.3. The first-order chi connectivity index (χ1) is 9.31. The minimum atomic E-state index is -0.985. The van der Waals surface area contributed by atoms with Gasteiger partial charge in [0.25, 0.3) is 5.91 Å². The number of nitrogens with zero attached hydrogens (tertiary/aromatic N) is 2. The van der Waals surface area contributed by atoms with Gasteiger partial charge in [-0.25, -0.2) is 4.79 Å². The third-order valence-corrected chi connectivity index (χ3v) is 4.23.